The van der Waals surface area contributed by atoms with E-state index in [1.807, 2.05) is 0 Å². The Hall–Kier alpha value is -6.70. The fourth-order valence-corrected chi connectivity index (χ4v) is 7.51. The number of hydrogen-bond acceptors (Lipinski definition) is 1. The zero-order valence-corrected chi connectivity index (χ0v) is 28.2. The van der Waals surface area contributed by atoms with Crippen molar-refractivity contribution in [1.82, 2.24) is 0 Å². The molecule has 9 aromatic carbocycles. The van der Waals surface area contributed by atoms with Gasteiger partial charge >= 0.3 is 0 Å². The monoisotopic (exact) mass is 649 g/mol. The van der Waals surface area contributed by atoms with Crippen LogP contribution in [0.1, 0.15) is 0 Å². The van der Waals surface area contributed by atoms with Crippen LogP contribution in [0.3, 0.4) is 0 Å². The van der Waals surface area contributed by atoms with Crippen molar-refractivity contribution >= 4 is 38.6 Å². The normalized spacial score (nSPS) is 11.1. The predicted octanol–water partition coefficient (Wildman–Crippen LogP) is 14.1. The first kappa shape index (κ1) is 30.4. The zero-order valence-electron chi connectivity index (χ0n) is 28.2. The summed E-state index contributed by atoms with van der Waals surface area (Å²) in [6.07, 6.45) is 0. The summed E-state index contributed by atoms with van der Waals surface area (Å²) < 4.78 is 0. The van der Waals surface area contributed by atoms with Crippen LogP contribution in [0.2, 0.25) is 0 Å². The van der Waals surface area contributed by atoms with Gasteiger partial charge in [0, 0.05) is 22.3 Å². The van der Waals surface area contributed by atoms with Crippen LogP contribution < -0.4 is 4.90 Å². The summed E-state index contributed by atoms with van der Waals surface area (Å²) in [7, 11) is 0. The molecule has 51 heavy (non-hydrogen) atoms. The quantitative estimate of drug-likeness (QED) is 0.155. The molecule has 0 heterocycles. The Morgan fingerprint density at radius 3 is 1.33 bits per heavy atom. The average molecular weight is 650 g/mol. The largest absolute Gasteiger partial charge is 0.309 e. The van der Waals surface area contributed by atoms with Crippen molar-refractivity contribution in [3.05, 3.63) is 212 Å². The fraction of sp³-hybridized carbons (Fsp3) is 0. The third-order valence-electron chi connectivity index (χ3n) is 9.83. The molecule has 0 unspecified atom stereocenters. The number of fused-ring (bicyclic) bond motifs is 3. The number of anilines is 3. The van der Waals surface area contributed by atoms with Gasteiger partial charge < -0.3 is 4.90 Å². The first-order valence-corrected chi connectivity index (χ1v) is 17.5. The Balaban J connectivity index is 1.41. The summed E-state index contributed by atoms with van der Waals surface area (Å²) in [5.41, 5.74) is 12.9. The van der Waals surface area contributed by atoms with Gasteiger partial charge in [0.1, 0.15) is 0 Å². The highest BCUT2D eigenvalue weighted by Gasteiger charge is 2.24. The minimum Gasteiger partial charge on any atom is -0.309 e. The maximum absolute atomic E-state index is 2.49. The van der Waals surface area contributed by atoms with E-state index in [-0.39, 0.29) is 0 Å². The first-order valence-electron chi connectivity index (χ1n) is 17.5. The molecule has 0 N–H and O–H groups in total. The first-order chi connectivity index (χ1) is 25.3. The van der Waals surface area contributed by atoms with Gasteiger partial charge in [0.05, 0.1) is 5.69 Å². The fourth-order valence-electron chi connectivity index (χ4n) is 7.51. The van der Waals surface area contributed by atoms with Gasteiger partial charge in [-0.05, 0) is 79.4 Å². The summed E-state index contributed by atoms with van der Waals surface area (Å²) in [6, 6.07) is 76.7. The summed E-state index contributed by atoms with van der Waals surface area (Å²) in [4.78, 5) is 2.49. The highest BCUT2D eigenvalue weighted by Crippen LogP contribution is 2.50. The molecule has 0 saturated carbocycles. The molecule has 9 aromatic rings. The molecule has 240 valence electrons. The minimum atomic E-state index is 1.09. The summed E-state index contributed by atoms with van der Waals surface area (Å²) >= 11 is 0. The Kier molecular flexibility index (Phi) is 7.92. The molecule has 0 aromatic heterocycles. The van der Waals surface area contributed by atoms with Crippen LogP contribution in [0.25, 0.3) is 66.1 Å². The molecule has 0 spiro atoms. The maximum atomic E-state index is 2.49. The second-order valence-corrected chi connectivity index (χ2v) is 12.9. The SMILES string of the molecule is c1ccc(-c2cccc(N(c3ccc(-c4ccccc4)c(-c4ccccc4)c3)c3c(-c4ccccc4)c4ccccc4c4ccccc34)c2)cc1. The molecule has 0 aliphatic carbocycles. The standard InChI is InChI=1S/C50H35N/c1-5-18-36(19-6-1)40-26-17-27-41(34-40)51(42-32-33-43(37-20-7-2-8-21-37)48(35-42)38-22-9-3-10-23-38)50-47-31-16-14-29-45(47)44-28-13-15-30-46(44)49(50)39-24-11-4-12-25-39/h1-35H. The van der Waals surface area contributed by atoms with Gasteiger partial charge in [-0.3, -0.25) is 0 Å². The zero-order chi connectivity index (χ0) is 34.0. The average Bonchev–Trinajstić information content (AvgIpc) is 3.22. The lowest BCUT2D eigenvalue weighted by molar-refractivity contribution is 1.30. The lowest BCUT2D eigenvalue weighted by Crippen LogP contribution is -2.13. The highest BCUT2D eigenvalue weighted by molar-refractivity contribution is 6.22. The van der Waals surface area contributed by atoms with Crippen molar-refractivity contribution in [2.75, 3.05) is 4.90 Å². The van der Waals surface area contributed by atoms with Crippen molar-refractivity contribution < 1.29 is 0 Å². The Bertz CT molecular complexity index is 2610. The number of rotatable bonds is 7. The van der Waals surface area contributed by atoms with Crippen molar-refractivity contribution in [1.29, 1.82) is 0 Å². The number of hydrogen-bond donors (Lipinski definition) is 0. The van der Waals surface area contributed by atoms with Crippen molar-refractivity contribution in [3.8, 4) is 44.5 Å². The van der Waals surface area contributed by atoms with Crippen LogP contribution in [0.15, 0.2) is 212 Å². The van der Waals surface area contributed by atoms with Crippen molar-refractivity contribution in [2.24, 2.45) is 0 Å². The molecular weight excluding hydrogens is 615 g/mol. The second kappa shape index (κ2) is 13.3. The third kappa shape index (κ3) is 5.65. The van der Waals surface area contributed by atoms with Gasteiger partial charge in [-0.25, -0.2) is 0 Å². The van der Waals surface area contributed by atoms with Gasteiger partial charge in [-0.15, -0.1) is 0 Å². The Morgan fingerprint density at radius 2 is 0.706 bits per heavy atom. The molecule has 9 rings (SSSR count). The molecule has 0 saturated heterocycles. The predicted molar refractivity (Wildman–Crippen MR) is 218 cm³/mol. The minimum absolute atomic E-state index is 1.09. The summed E-state index contributed by atoms with van der Waals surface area (Å²) in [5.74, 6) is 0. The van der Waals surface area contributed by atoms with E-state index in [0.717, 1.165) is 17.1 Å². The Labute approximate surface area is 299 Å². The molecule has 0 radical (unpaired) electrons. The van der Waals surface area contributed by atoms with Crippen LogP contribution in [-0.2, 0) is 0 Å². The highest BCUT2D eigenvalue weighted by atomic mass is 15.1. The van der Waals surface area contributed by atoms with Gasteiger partial charge in [0.15, 0.2) is 0 Å². The van der Waals surface area contributed by atoms with Gasteiger partial charge in [0.2, 0.25) is 0 Å². The Morgan fingerprint density at radius 1 is 0.255 bits per heavy atom. The van der Waals surface area contributed by atoms with Crippen LogP contribution in [0.4, 0.5) is 17.1 Å². The van der Waals surface area contributed by atoms with Gasteiger partial charge in [-0.1, -0.05) is 188 Å². The van der Waals surface area contributed by atoms with Crippen LogP contribution in [-0.4, -0.2) is 0 Å². The van der Waals surface area contributed by atoms with E-state index in [2.05, 4.69) is 217 Å². The summed E-state index contributed by atoms with van der Waals surface area (Å²) in [5, 5.41) is 4.91. The van der Waals surface area contributed by atoms with E-state index in [1.54, 1.807) is 0 Å². The maximum Gasteiger partial charge on any atom is 0.0624 e. The molecule has 0 atom stereocenters. The van der Waals surface area contributed by atoms with Crippen molar-refractivity contribution in [3.63, 3.8) is 0 Å². The van der Waals surface area contributed by atoms with E-state index < -0.39 is 0 Å². The van der Waals surface area contributed by atoms with E-state index >= 15 is 0 Å². The lowest BCUT2D eigenvalue weighted by Gasteiger charge is -2.31. The van der Waals surface area contributed by atoms with Crippen LogP contribution in [0, 0.1) is 0 Å². The molecule has 1 heteroatoms. The number of benzene rings is 9. The lowest BCUT2D eigenvalue weighted by atomic mass is 9.89. The molecule has 0 amide bonds. The number of nitrogens with zero attached hydrogens (tertiary/aromatic N) is 1. The molecule has 0 fully saturated rings. The van der Waals surface area contributed by atoms with E-state index in [4.69, 9.17) is 0 Å². The summed E-state index contributed by atoms with van der Waals surface area (Å²) in [6.45, 7) is 0. The topological polar surface area (TPSA) is 3.24 Å². The molecular formula is C50H35N. The third-order valence-corrected chi connectivity index (χ3v) is 9.83. The molecule has 1 nitrogen and oxygen atoms in total. The van der Waals surface area contributed by atoms with Crippen LogP contribution >= 0.6 is 0 Å². The molecule has 0 aliphatic rings. The smallest absolute Gasteiger partial charge is 0.0624 e. The molecule has 0 bridgehead atoms. The van der Waals surface area contributed by atoms with Gasteiger partial charge in [-0.2, -0.15) is 0 Å². The second-order valence-electron chi connectivity index (χ2n) is 12.9. The van der Waals surface area contributed by atoms with E-state index in [9.17, 15) is 0 Å². The van der Waals surface area contributed by atoms with E-state index in [1.165, 1.54) is 66.1 Å². The van der Waals surface area contributed by atoms with Crippen molar-refractivity contribution in [2.45, 2.75) is 0 Å². The van der Waals surface area contributed by atoms with Crippen LogP contribution in [0.5, 0.6) is 0 Å². The van der Waals surface area contributed by atoms with Gasteiger partial charge in [0.25, 0.3) is 0 Å². The van der Waals surface area contributed by atoms with E-state index in [0.29, 0.717) is 0 Å². The molecule has 0 aliphatic heterocycles.